The predicted octanol–water partition coefficient (Wildman–Crippen LogP) is 3.06. The fourth-order valence-corrected chi connectivity index (χ4v) is 2.91. The van der Waals surface area contributed by atoms with Crippen LogP contribution in [-0.4, -0.2) is 28.5 Å². The van der Waals surface area contributed by atoms with Gasteiger partial charge in [-0.25, -0.2) is 0 Å². The SMILES string of the molecule is CC(C)n1cc(N)cc1C(=O)N(C)C1CCCCC1. The first kappa shape index (κ1) is 14.0. The highest BCUT2D eigenvalue weighted by Crippen LogP contribution is 2.24. The van der Waals surface area contributed by atoms with E-state index in [2.05, 4.69) is 13.8 Å². The van der Waals surface area contributed by atoms with Crippen molar-refractivity contribution >= 4 is 11.6 Å². The molecule has 0 unspecified atom stereocenters. The van der Waals surface area contributed by atoms with Crippen molar-refractivity contribution in [3.05, 3.63) is 18.0 Å². The molecule has 0 radical (unpaired) electrons. The molecule has 1 aliphatic rings. The molecule has 2 N–H and O–H groups in total. The van der Waals surface area contributed by atoms with E-state index in [1.54, 1.807) is 6.07 Å². The minimum Gasteiger partial charge on any atom is -0.397 e. The standard InChI is InChI=1S/C15H25N3O/c1-11(2)18-10-12(16)9-14(18)15(19)17(3)13-7-5-4-6-8-13/h9-11,13H,4-8,16H2,1-3H3. The zero-order valence-electron chi connectivity index (χ0n) is 12.2. The Kier molecular flexibility index (Phi) is 4.17. The minimum absolute atomic E-state index is 0.0947. The van der Waals surface area contributed by atoms with E-state index in [0.29, 0.717) is 17.4 Å². The van der Waals surface area contributed by atoms with E-state index in [9.17, 15) is 4.79 Å². The van der Waals surface area contributed by atoms with Crippen LogP contribution in [0, 0.1) is 0 Å². The smallest absolute Gasteiger partial charge is 0.270 e. The van der Waals surface area contributed by atoms with Crippen molar-refractivity contribution in [2.75, 3.05) is 12.8 Å². The quantitative estimate of drug-likeness (QED) is 0.911. The molecule has 0 bridgehead atoms. The van der Waals surface area contributed by atoms with Crippen LogP contribution in [0.25, 0.3) is 0 Å². The van der Waals surface area contributed by atoms with Gasteiger partial charge < -0.3 is 15.2 Å². The molecular weight excluding hydrogens is 238 g/mol. The predicted molar refractivity (Wildman–Crippen MR) is 78.2 cm³/mol. The van der Waals surface area contributed by atoms with Crippen LogP contribution in [0.2, 0.25) is 0 Å². The molecule has 2 rings (SSSR count). The van der Waals surface area contributed by atoms with E-state index in [1.165, 1.54) is 19.3 Å². The monoisotopic (exact) mass is 263 g/mol. The van der Waals surface area contributed by atoms with Crippen LogP contribution < -0.4 is 5.73 Å². The number of hydrogen-bond acceptors (Lipinski definition) is 2. The Bertz CT molecular complexity index is 444. The van der Waals surface area contributed by atoms with E-state index in [4.69, 9.17) is 5.73 Å². The topological polar surface area (TPSA) is 51.3 Å². The number of carbonyl (C=O) groups is 1. The van der Waals surface area contributed by atoms with Crippen molar-refractivity contribution in [1.29, 1.82) is 0 Å². The molecule has 0 spiro atoms. The number of nitrogens with two attached hydrogens (primary N) is 1. The van der Waals surface area contributed by atoms with Gasteiger partial charge in [-0.05, 0) is 32.8 Å². The summed E-state index contributed by atoms with van der Waals surface area (Å²) >= 11 is 0. The van der Waals surface area contributed by atoms with Gasteiger partial charge >= 0.3 is 0 Å². The summed E-state index contributed by atoms with van der Waals surface area (Å²) in [4.78, 5) is 14.5. The van der Waals surface area contributed by atoms with E-state index in [0.717, 1.165) is 12.8 Å². The first-order valence-corrected chi connectivity index (χ1v) is 7.25. The maximum absolute atomic E-state index is 12.6. The van der Waals surface area contributed by atoms with E-state index in [-0.39, 0.29) is 11.9 Å². The zero-order chi connectivity index (χ0) is 14.0. The van der Waals surface area contributed by atoms with Crippen molar-refractivity contribution in [1.82, 2.24) is 9.47 Å². The Morgan fingerprint density at radius 2 is 2.00 bits per heavy atom. The van der Waals surface area contributed by atoms with Crippen molar-refractivity contribution in [3.8, 4) is 0 Å². The molecule has 1 aromatic rings. The highest BCUT2D eigenvalue weighted by Gasteiger charge is 2.25. The van der Waals surface area contributed by atoms with Crippen molar-refractivity contribution in [2.45, 2.75) is 58.0 Å². The highest BCUT2D eigenvalue weighted by molar-refractivity contribution is 5.94. The number of aromatic nitrogens is 1. The minimum atomic E-state index is 0.0947. The molecule has 106 valence electrons. The summed E-state index contributed by atoms with van der Waals surface area (Å²) in [7, 11) is 1.92. The summed E-state index contributed by atoms with van der Waals surface area (Å²) in [6, 6.07) is 2.43. The number of rotatable bonds is 3. The summed E-state index contributed by atoms with van der Waals surface area (Å²) in [5, 5.41) is 0. The van der Waals surface area contributed by atoms with Crippen molar-refractivity contribution < 1.29 is 4.79 Å². The van der Waals surface area contributed by atoms with Crippen LogP contribution in [0.5, 0.6) is 0 Å². The Balaban J connectivity index is 2.18. The lowest BCUT2D eigenvalue weighted by molar-refractivity contribution is 0.0683. The largest absolute Gasteiger partial charge is 0.397 e. The number of carbonyl (C=O) groups excluding carboxylic acids is 1. The lowest BCUT2D eigenvalue weighted by atomic mass is 9.94. The average Bonchev–Trinajstić information content (AvgIpc) is 2.80. The molecule has 0 saturated heterocycles. The van der Waals surface area contributed by atoms with Gasteiger partial charge in [0, 0.05) is 25.3 Å². The molecule has 4 nitrogen and oxygen atoms in total. The molecular formula is C15H25N3O. The lowest BCUT2D eigenvalue weighted by Gasteiger charge is -2.31. The van der Waals surface area contributed by atoms with Gasteiger partial charge in [-0.3, -0.25) is 4.79 Å². The fourth-order valence-electron chi connectivity index (χ4n) is 2.91. The van der Waals surface area contributed by atoms with Gasteiger partial charge in [0.15, 0.2) is 0 Å². The van der Waals surface area contributed by atoms with Crippen LogP contribution in [0.15, 0.2) is 12.3 Å². The second kappa shape index (κ2) is 5.68. The third-order valence-electron chi connectivity index (χ3n) is 4.09. The molecule has 1 aromatic heterocycles. The summed E-state index contributed by atoms with van der Waals surface area (Å²) in [5.74, 6) is 0.0947. The molecule has 1 saturated carbocycles. The average molecular weight is 263 g/mol. The van der Waals surface area contributed by atoms with Gasteiger partial charge in [-0.15, -0.1) is 0 Å². The number of anilines is 1. The van der Waals surface area contributed by atoms with Crippen LogP contribution in [0.1, 0.15) is 62.5 Å². The molecule has 1 amide bonds. The van der Waals surface area contributed by atoms with E-state index in [1.807, 2.05) is 22.7 Å². The molecule has 19 heavy (non-hydrogen) atoms. The number of nitrogens with zero attached hydrogens (tertiary/aromatic N) is 2. The maximum Gasteiger partial charge on any atom is 0.270 e. The van der Waals surface area contributed by atoms with Gasteiger partial charge in [0.1, 0.15) is 5.69 Å². The molecule has 1 aliphatic carbocycles. The Morgan fingerprint density at radius 3 is 2.58 bits per heavy atom. The summed E-state index contributed by atoms with van der Waals surface area (Å²) in [6.07, 6.45) is 7.87. The van der Waals surface area contributed by atoms with Crippen molar-refractivity contribution in [2.24, 2.45) is 0 Å². The number of hydrogen-bond donors (Lipinski definition) is 1. The fraction of sp³-hybridized carbons (Fsp3) is 0.667. The van der Waals surface area contributed by atoms with Gasteiger partial charge in [0.25, 0.3) is 5.91 Å². The third-order valence-corrected chi connectivity index (χ3v) is 4.09. The lowest BCUT2D eigenvalue weighted by Crippen LogP contribution is -2.39. The van der Waals surface area contributed by atoms with Crippen molar-refractivity contribution in [3.63, 3.8) is 0 Å². The van der Waals surface area contributed by atoms with Gasteiger partial charge in [0.2, 0.25) is 0 Å². The van der Waals surface area contributed by atoms with Gasteiger partial charge in [0.05, 0.1) is 5.69 Å². The number of amides is 1. The molecule has 0 atom stereocenters. The Labute approximate surface area is 115 Å². The van der Waals surface area contributed by atoms with Gasteiger partial charge in [-0.2, -0.15) is 0 Å². The summed E-state index contributed by atoms with van der Waals surface area (Å²) in [6.45, 7) is 4.13. The van der Waals surface area contributed by atoms with Crippen LogP contribution in [-0.2, 0) is 0 Å². The summed E-state index contributed by atoms with van der Waals surface area (Å²) in [5.41, 5.74) is 7.21. The highest BCUT2D eigenvalue weighted by atomic mass is 16.2. The number of nitrogen functional groups attached to an aromatic ring is 1. The molecule has 4 heteroatoms. The maximum atomic E-state index is 12.6. The van der Waals surface area contributed by atoms with Gasteiger partial charge in [-0.1, -0.05) is 19.3 Å². The first-order valence-electron chi connectivity index (χ1n) is 7.25. The molecule has 1 fully saturated rings. The Hall–Kier alpha value is -1.45. The van der Waals surface area contributed by atoms with Crippen LogP contribution >= 0.6 is 0 Å². The Morgan fingerprint density at radius 1 is 1.37 bits per heavy atom. The molecule has 1 heterocycles. The summed E-state index contributed by atoms with van der Waals surface area (Å²) < 4.78 is 1.97. The van der Waals surface area contributed by atoms with Crippen LogP contribution in [0.4, 0.5) is 5.69 Å². The normalized spacial score (nSPS) is 16.8. The second-order valence-corrected chi connectivity index (χ2v) is 5.87. The molecule has 0 aliphatic heterocycles. The second-order valence-electron chi connectivity index (χ2n) is 5.87. The van der Waals surface area contributed by atoms with E-state index >= 15 is 0 Å². The van der Waals surface area contributed by atoms with Crippen LogP contribution in [0.3, 0.4) is 0 Å². The molecule has 0 aromatic carbocycles. The van der Waals surface area contributed by atoms with E-state index < -0.39 is 0 Å². The third kappa shape index (κ3) is 2.94. The zero-order valence-corrected chi connectivity index (χ0v) is 12.2. The first-order chi connectivity index (χ1) is 9.00.